The molecule has 34 valence electrons. The van der Waals surface area contributed by atoms with E-state index >= 15 is 0 Å². The Labute approximate surface area is 118 Å². The zero-order valence-corrected chi connectivity index (χ0v) is 1.92. The molecule has 0 heterocycles. The molecule has 0 fully saturated rings. The van der Waals surface area contributed by atoms with E-state index in [0.29, 0.717) is 0 Å². The van der Waals surface area contributed by atoms with Gasteiger partial charge in [-0.2, -0.15) is 0 Å². The van der Waals surface area contributed by atoms with Gasteiger partial charge in [0.2, 0.25) is 0 Å². The maximum atomic E-state index is 7.17. The van der Waals surface area contributed by atoms with Crippen molar-refractivity contribution in [2.45, 2.75) is 0 Å². The quantitative estimate of drug-likeness (QED) is 0.309. The minimum atomic E-state index is -2.17. The van der Waals surface area contributed by atoms with Gasteiger partial charge < -0.3 is 15.1 Å². The zero-order chi connectivity index (χ0) is 3.58. The molecule has 0 amide bonds. The fourth-order valence-corrected chi connectivity index (χ4v) is 0. The van der Waals surface area contributed by atoms with Crippen LogP contribution >= 0.6 is 0 Å². The summed E-state index contributed by atoms with van der Waals surface area (Å²) >= 11 is 0. The summed E-state index contributed by atoms with van der Waals surface area (Å²) in [4.78, 5) is 0. The Kier molecular flexibility index (Phi) is 51.5. The van der Waals surface area contributed by atoms with Crippen LogP contribution in [-0.2, 0) is 0 Å². The summed E-state index contributed by atoms with van der Waals surface area (Å²) in [6, 6.07) is 0. The Balaban J connectivity index is -0.0000000150. The summed E-state index contributed by atoms with van der Waals surface area (Å²) < 4.78 is 0. The molecule has 3 nitrogen and oxygen atoms in total. The Bertz CT molecular complexity index is 19.7. The molecule has 0 aromatic heterocycles. The Morgan fingerprint density at radius 3 is 1.00 bits per heavy atom. The summed E-state index contributed by atoms with van der Waals surface area (Å²) in [6.45, 7) is 0. The van der Waals surface area contributed by atoms with Crippen molar-refractivity contribution in [1.82, 2.24) is 0 Å². The monoisotopic (exact) mass is 156 g/mol. The molecule has 0 spiro atoms. The van der Waals surface area contributed by atoms with Crippen molar-refractivity contribution in [1.29, 1.82) is 0 Å². The molecule has 0 aliphatic carbocycles. The molecule has 0 saturated heterocycles. The van der Waals surface area contributed by atoms with Gasteiger partial charge in [-0.25, -0.2) is 0 Å². The number of rotatable bonds is 0. The summed E-state index contributed by atoms with van der Waals surface area (Å²) in [5.74, 6) is 0. The van der Waals surface area contributed by atoms with Crippen molar-refractivity contribution in [2.24, 2.45) is 0 Å². The molecule has 0 radical (unpaired) electrons. The first-order valence-electron chi connectivity index (χ1n) is 0.775. The van der Waals surface area contributed by atoms with Crippen molar-refractivity contribution in [3.8, 4) is 0 Å². The van der Waals surface area contributed by atoms with Gasteiger partial charge in [-0.05, 0) is 0 Å². The van der Waals surface area contributed by atoms with Crippen LogP contribution in [0.4, 0.5) is 0 Å². The molecule has 7 heavy (non-hydrogen) atoms. The Morgan fingerprint density at radius 2 is 1.00 bits per heavy atom. The van der Waals surface area contributed by atoms with Gasteiger partial charge in [0, 0.05) is 0 Å². The summed E-state index contributed by atoms with van der Waals surface area (Å²) in [6.07, 6.45) is 0. The molecule has 0 saturated carbocycles. The molecule has 0 aromatic carbocycles. The average molecular weight is 156 g/mol. The molecule has 7 heteroatoms. The van der Waals surface area contributed by atoms with Crippen LogP contribution in [-0.4, -0.2) is 121 Å². The van der Waals surface area contributed by atoms with E-state index in [9.17, 15) is 0 Å². The Morgan fingerprint density at radius 1 is 1.00 bits per heavy atom. The van der Waals surface area contributed by atoms with Gasteiger partial charge in [0.25, 0.3) is 0 Å². The first kappa shape index (κ1) is 22.5. The van der Waals surface area contributed by atoms with Crippen LogP contribution in [0.3, 0.4) is 0 Å². The SMILES string of the molecule is OB(O)O.[AlH3].[KH].[NaH]. The molecular weight excluding hydrogens is 148 g/mol. The van der Waals surface area contributed by atoms with Crippen LogP contribution in [0.15, 0.2) is 0 Å². The maximum absolute atomic E-state index is 7.17. The second kappa shape index (κ2) is 16.1. The normalized spacial score (nSPS) is 3.86. The standard InChI is InChI=1S/Al.BH3O3.K.Na.5H/c;2-1(3)4;;;;;;;/h;2-4H;;;;;;;. The third-order valence-electron chi connectivity index (χ3n) is 0. The van der Waals surface area contributed by atoms with E-state index in [2.05, 4.69) is 0 Å². The fourth-order valence-electron chi connectivity index (χ4n) is 0. The van der Waals surface area contributed by atoms with Crippen LogP contribution in [0.2, 0.25) is 0 Å². The molecule has 3 N–H and O–H groups in total. The molecule has 0 aromatic rings. The van der Waals surface area contributed by atoms with Gasteiger partial charge in [-0.1, -0.05) is 0 Å². The van der Waals surface area contributed by atoms with E-state index in [1.54, 1.807) is 0 Å². The van der Waals surface area contributed by atoms with Crippen LogP contribution in [0.25, 0.3) is 0 Å². The summed E-state index contributed by atoms with van der Waals surface area (Å²) in [7, 11) is -2.17. The number of hydrogen-bond donors (Lipinski definition) is 3. The molecule has 0 aliphatic heterocycles. The van der Waals surface area contributed by atoms with E-state index in [1.807, 2.05) is 0 Å². The van der Waals surface area contributed by atoms with E-state index in [4.69, 9.17) is 15.1 Å². The average Bonchev–Trinajstić information content (AvgIpc) is 0.811. The second-order valence-electron chi connectivity index (χ2n) is 0.346. The fraction of sp³-hybridized carbons (Fsp3) is 0. The van der Waals surface area contributed by atoms with Gasteiger partial charge in [0.05, 0.1) is 0 Å². The van der Waals surface area contributed by atoms with Gasteiger partial charge in [0.1, 0.15) is 0 Å². The van der Waals surface area contributed by atoms with Gasteiger partial charge in [0.15, 0.2) is 17.4 Å². The van der Waals surface area contributed by atoms with Crippen molar-refractivity contribution >= 4 is 106 Å². The third-order valence-corrected chi connectivity index (χ3v) is 0. The summed E-state index contributed by atoms with van der Waals surface area (Å²) in [5, 5.41) is 21.5. The van der Waals surface area contributed by atoms with Crippen molar-refractivity contribution in [2.75, 3.05) is 0 Å². The minimum absolute atomic E-state index is 0. The van der Waals surface area contributed by atoms with Crippen LogP contribution in [0.1, 0.15) is 0 Å². The van der Waals surface area contributed by atoms with E-state index in [1.165, 1.54) is 0 Å². The second-order valence-corrected chi connectivity index (χ2v) is 0.346. The molecule has 0 aliphatic rings. The van der Waals surface area contributed by atoms with Gasteiger partial charge >= 0.3 is 88.3 Å². The van der Waals surface area contributed by atoms with Crippen molar-refractivity contribution in [3.05, 3.63) is 0 Å². The molecular formula is H8AlBKNaO3. The molecule has 0 rings (SSSR count). The first-order chi connectivity index (χ1) is 1.73. The predicted molar refractivity (Wildman–Crippen MR) is 36.6 cm³/mol. The molecule has 0 atom stereocenters. The van der Waals surface area contributed by atoms with Gasteiger partial charge in [-0.3, -0.25) is 0 Å². The topological polar surface area (TPSA) is 60.7 Å². The number of hydrogen-bond acceptors (Lipinski definition) is 3. The van der Waals surface area contributed by atoms with Crippen LogP contribution < -0.4 is 0 Å². The summed E-state index contributed by atoms with van der Waals surface area (Å²) in [5.41, 5.74) is 0. The van der Waals surface area contributed by atoms with Crippen molar-refractivity contribution < 1.29 is 15.1 Å². The van der Waals surface area contributed by atoms with E-state index < -0.39 is 7.32 Å². The van der Waals surface area contributed by atoms with Crippen LogP contribution in [0, 0.1) is 0 Å². The van der Waals surface area contributed by atoms with E-state index in [-0.39, 0.29) is 98.3 Å². The molecule has 0 unspecified atom stereocenters. The van der Waals surface area contributed by atoms with E-state index in [0.717, 1.165) is 0 Å². The first-order valence-corrected chi connectivity index (χ1v) is 0.775. The zero-order valence-electron chi connectivity index (χ0n) is 1.92. The van der Waals surface area contributed by atoms with Crippen LogP contribution in [0.5, 0.6) is 0 Å². The molecule has 0 bridgehead atoms. The van der Waals surface area contributed by atoms with Crippen molar-refractivity contribution in [3.63, 3.8) is 0 Å². The predicted octanol–water partition coefficient (Wildman–Crippen LogP) is -4.53. The Hall–Kier alpha value is 3.11. The third kappa shape index (κ3) is 47.6. The van der Waals surface area contributed by atoms with Gasteiger partial charge in [-0.15, -0.1) is 0 Å².